The zero-order chi connectivity index (χ0) is 10.7. The molecule has 0 spiro atoms. The van der Waals surface area contributed by atoms with Crippen LogP contribution in [0, 0.1) is 5.92 Å². The van der Waals surface area contributed by atoms with Crippen LogP contribution in [-0.4, -0.2) is 15.5 Å². The Morgan fingerprint density at radius 1 is 1.47 bits per heavy atom. The first-order valence-corrected chi connectivity index (χ1v) is 5.92. The molecule has 0 aromatic carbocycles. The van der Waals surface area contributed by atoms with Gasteiger partial charge in [-0.15, -0.1) is 0 Å². The van der Waals surface area contributed by atoms with Crippen LogP contribution in [0.1, 0.15) is 45.4 Å². The molecule has 0 atom stereocenters. The van der Waals surface area contributed by atoms with Crippen molar-refractivity contribution in [2.24, 2.45) is 5.92 Å². The molecule has 0 bridgehead atoms. The highest BCUT2D eigenvalue weighted by Crippen LogP contribution is 2.33. The summed E-state index contributed by atoms with van der Waals surface area (Å²) >= 11 is 0. The monoisotopic (exact) mass is 207 g/mol. The second-order valence-electron chi connectivity index (χ2n) is 5.09. The van der Waals surface area contributed by atoms with Gasteiger partial charge in [-0.05, 0) is 32.6 Å². The van der Waals surface area contributed by atoms with Crippen molar-refractivity contribution in [3.05, 3.63) is 18.2 Å². The second-order valence-corrected chi connectivity index (χ2v) is 5.09. The van der Waals surface area contributed by atoms with Gasteiger partial charge in [-0.1, -0.05) is 12.8 Å². The molecule has 2 rings (SSSR count). The number of hydrogen-bond donors (Lipinski definition) is 2. The quantitative estimate of drug-likeness (QED) is 0.796. The molecule has 3 nitrogen and oxygen atoms in total. The van der Waals surface area contributed by atoms with Gasteiger partial charge in [0.2, 0.25) is 0 Å². The summed E-state index contributed by atoms with van der Waals surface area (Å²) in [5.74, 6) is 1.86. The minimum absolute atomic E-state index is 0.239. The van der Waals surface area contributed by atoms with Gasteiger partial charge in [0, 0.05) is 17.9 Å². The molecule has 1 aliphatic carbocycles. The lowest BCUT2D eigenvalue weighted by Crippen LogP contribution is -2.44. The van der Waals surface area contributed by atoms with Crippen molar-refractivity contribution in [2.45, 2.75) is 51.6 Å². The van der Waals surface area contributed by atoms with Gasteiger partial charge >= 0.3 is 0 Å². The van der Waals surface area contributed by atoms with Crippen molar-refractivity contribution in [2.75, 3.05) is 0 Å². The number of hydrogen-bond acceptors (Lipinski definition) is 2. The predicted octanol–water partition coefficient (Wildman–Crippen LogP) is 2.47. The molecule has 0 saturated heterocycles. The molecule has 0 aliphatic heterocycles. The summed E-state index contributed by atoms with van der Waals surface area (Å²) in [7, 11) is 0. The maximum Gasteiger partial charge on any atom is 0.120 e. The molecular weight excluding hydrogens is 186 g/mol. The number of nitrogens with zero attached hydrogens (tertiary/aromatic N) is 1. The van der Waals surface area contributed by atoms with E-state index in [1.54, 1.807) is 6.20 Å². The molecule has 84 valence electrons. The highest BCUT2D eigenvalue weighted by molar-refractivity contribution is 4.93. The SMILES string of the molecule is CC(C)(NCc1ncc[nH]1)C1CCCC1. The molecule has 3 heteroatoms. The summed E-state index contributed by atoms with van der Waals surface area (Å²) in [6.45, 7) is 5.47. The number of nitrogens with one attached hydrogen (secondary N) is 2. The minimum atomic E-state index is 0.239. The Balaban J connectivity index is 1.86. The minimum Gasteiger partial charge on any atom is -0.348 e. The fourth-order valence-corrected chi connectivity index (χ4v) is 2.50. The van der Waals surface area contributed by atoms with E-state index in [9.17, 15) is 0 Å². The zero-order valence-electron chi connectivity index (χ0n) is 9.71. The van der Waals surface area contributed by atoms with E-state index in [-0.39, 0.29) is 5.54 Å². The van der Waals surface area contributed by atoms with Gasteiger partial charge in [0.25, 0.3) is 0 Å². The van der Waals surface area contributed by atoms with E-state index >= 15 is 0 Å². The van der Waals surface area contributed by atoms with Crippen LogP contribution in [0.15, 0.2) is 12.4 Å². The van der Waals surface area contributed by atoms with E-state index in [4.69, 9.17) is 0 Å². The number of H-pyrrole nitrogens is 1. The zero-order valence-corrected chi connectivity index (χ0v) is 9.71. The third-order valence-corrected chi connectivity index (χ3v) is 3.64. The van der Waals surface area contributed by atoms with E-state index < -0.39 is 0 Å². The molecular formula is C12H21N3. The van der Waals surface area contributed by atoms with Gasteiger partial charge in [-0.3, -0.25) is 0 Å². The standard InChI is InChI=1S/C12H21N3/c1-12(2,10-5-3-4-6-10)15-9-11-13-7-8-14-11/h7-8,10,15H,3-6,9H2,1-2H3,(H,13,14). The number of aromatic amines is 1. The van der Waals surface area contributed by atoms with Crippen molar-refractivity contribution in [1.82, 2.24) is 15.3 Å². The van der Waals surface area contributed by atoms with Crippen molar-refractivity contribution in [3.8, 4) is 0 Å². The maximum atomic E-state index is 4.23. The molecule has 0 amide bonds. The summed E-state index contributed by atoms with van der Waals surface area (Å²) in [4.78, 5) is 7.35. The second kappa shape index (κ2) is 4.35. The largest absolute Gasteiger partial charge is 0.348 e. The first-order chi connectivity index (χ1) is 7.18. The molecule has 1 heterocycles. The number of aromatic nitrogens is 2. The fraction of sp³-hybridized carbons (Fsp3) is 0.750. The van der Waals surface area contributed by atoms with E-state index in [1.165, 1.54) is 25.7 Å². The fourth-order valence-electron chi connectivity index (χ4n) is 2.50. The molecule has 1 fully saturated rings. The molecule has 1 aliphatic rings. The molecule has 15 heavy (non-hydrogen) atoms. The van der Waals surface area contributed by atoms with Crippen molar-refractivity contribution < 1.29 is 0 Å². The van der Waals surface area contributed by atoms with E-state index in [0.29, 0.717) is 0 Å². The molecule has 0 radical (unpaired) electrons. The van der Waals surface area contributed by atoms with Crippen molar-refractivity contribution in [3.63, 3.8) is 0 Å². The van der Waals surface area contributed by atoms with Crippen LogP contribution in [0.3, 0.4) is 0 Å². The van der Waals surface area contributed by atoms with Gasteiger partial charge < -0.3 is 10.3 Å². The topological polar surface area (TPSA) is 40.7 Å². The van der Waals surface area contributed by atoms with Crippen LogP contribution in [0.25, 0.3) is 0 Å². The molecule has 1 saturated carbocycles. The summed E-state index contributed by atoms with van der Waals surface area (Å²) in [5, 5.41) is 3.61. The van der Waals surface area contributed by atoms with Gasteiger partial charge in [-0.2, -0.15) is 0 Å². The van der Waals surface area contributed by atoms with Crippen LogP contribution < -0.4 is 5.32 Å². The van der Waals surface area contributed by atoms with Crippen LogP contribution in [0.5, 0.6) is 0 Å². The smallest absolute Gasteiger partial charge is 0.120 e. The Hall–Kier alpha value is -0.830. The van der Waals surface area contributed by atoms with E-state index in [0.717, 1.165) is 18.3 Å². The molecule has 1 aromatic rings. The van der Waals surface area contributed by atoms with Crippen LogP contribution in [-0.2, 0) is 6.54 Å². The molecule has 2 N–H and O–H groups in total. The Bertz CT molecular complexity index is 284. The number of imidazole rings is 1. The summed E-state index contributed by atoms with van der Waals surface area (Å²) in [5.41, 5.74) is 0.239. The third kappa shape index (κ3) is 2.59. The molecule has 0 unspecified atom stereocenters. The van der Waals surface area contributed by atoms with Gasteiger partial charge in [0.1, 0.15) is 5.82 Å². The highest BCUT2D eigenvalue weighted by Gasteiger charge is 2.31. The average molecular weight is 207 g/mol. The summed E-state index contributed by atoms with van der Waals surface area (Å²) < 4.78 is 0. The number of rotatable bonds is 4. The Morgan fingerprint density at radius 2 is 2.20 bits per heavy atom. The normalized spacial score (nSPS) is 18.5. The average Bonchev–Trinajstić information content (AvgIpc) is 2.88. The van der Waals surface area contributed by atoms with Gasteiger partial charge in [0.15, 0.2) is 0 Å². The van der Waals surface area contributed by atoms with Crippen molar-refractivity contribution >= 4 is 0 Å². The Morgan fingerprint density at radius 3 is 2.80 bits per heavy atom. The predicted molar refractivity (Wildman–Crippen MR) is 61.5 cm³/mol. The Kier molecular flexibility index (Phi) is 3.10. The van der Waals surface area contributed by atoms with Crippen molar-refractivity contribution in [1.29, 1.82) is 0 Å². The first-order valence-electron chi connectivity index (χ1n) is 5.92. The summed E-state index contributed by atoms with van der Waals surface area (Å²) in [6, 6.07) is 0. The van der Waals surface area contributed by atoms with E-state index in [2.05, 4.69) is 29.1 Å². The highest BCUT2D eigenvalue weighted by atomic mass is 15.0. The maximum absolute atomic E-state index is 4.23. The summed E-state index contributed by atoms with van der Waals surface area (Å²) in [6.07, 6.45) is 9.22. The lowest BCUT2D eigenvalue weighted by atomic mass is 9.86. The van der Waals surface area contributed by atoms with Gasteiger partial charge in [0.05, 0.1) is 6.54 Å². The van der Waals surface area contributed by atoms with Gasteiger partial charge in [-0.25, -0.2) is 4.98 Å². The Labute approximate surface area is 91.7 Å². The van der Waals surface area contributed by atoms with Crippen LogP contribution >= 0.6 is 0 Å². The lowest BCUT2D eigenvalue weighted by Gasteiger charge is -2.32. The van der Waals surface area contributed by atoms with E-state index in [1.807, 2.05) is 6.20 Å². The first kappa shape index (κ1) is 10.7. The third-order valence-electron chi connectivity index (χ3n) is 3.64. The lowest BCUT2D eigenvalue weighted by molar-refractivity contribution is 0.252. The van der Waals surface area contributed by atoms with Crippen LogP contribution in [0.2, 0.25) is 0 Å². The molecule has 1 aromatic heterocycles. The van der Waals surface area contributed by atoms with Crippen LogP contribution in [0.4, 0.5) is 0 Å².